The Labute approximate surface area is 118 Å². The van der Waals surface area contributed by atoms with Crippen molar-refractivity contribution in [2.75, 3.05) is 6.54 Å². The number of carboxylic acids is 1. The van der Waals surface area contributed by atoms with Crippen LogP contribution in [0.15, 0.2) is 22.7 Å². The highest BCUT2D eigenvalue weighted by Gasteiger charge is 2.17. The van der Waals surface area contributed by atoms with E-state index in [0.717, 1.165) is 0 Å². The fourth-order valence-electron chi connectivity index (χ4n) is 1.39. The number of halogens is 2. The van der Waals surface area contributed by atoms with Gasteiger partial charge in [0.15, 0.2) is 0 Å². The maximum Gasteiger partial charge on any atom is 0.308 e. The van der Waals surface area contributed by atoms with Crippen LogP contribution in [0.3, 0.4) is 0 Å². The Kier molecular flexibility index (Phi) is 5.62. The zero-order valence-electron chi connectivity index (χ0n) is 9.74. The number of benzene rings is 1. The van der Waals surface area contributed by atoms with E-state index in [1.165, 1.54) is 0 Å². The minimum Gasteiger partial charge on any atom is -0.481 e. The Bertz CT molecular complexity index is 465. The molecule has 0 heterocycles. The van der Waals surface area contributed by atoms with E-state index in [9.17, 15) is 9.59 Å². The van der Waals surface area contributed by atoms with Gasteiger partial charge in [0.05, 0.1) is 11.5 Å². The van der Waals surface area contributed by atoms with Gasteiger partial charge in [0, 0.05) is 16.0 Å². The molecule has 1 aromatic rings. The van der Waals surface area contributed by atoms with Crippen LogP contribution in [0.1, 0.15) is 23.7 Å². The lowest BCUT2D eigenvalue weighted by atomic mass is 10.1. The number of amides is 1. The number of hydrogen-bond donors (Lipinski definition) is 2. The molecule has 0 aromatic heterocycles. The molecule has 18 heavy (non-hydrogen) atoms. The Balaban J connectivity index is 2.68. The van der Waals surface area contributed by atoms with Gasteiger partial charge in [-0.15, -0.1) is 0 Å². The first-order valence-electron chi connectivity index (χ1n) is 5.41. The van der Waals surface area contributed by atoms with E-state index in [0.29, 0.717) is 21.5 Å². The maximum atomic E-state index is 11.8. The van der Waals surface area contributed by atoms with E-state index in [2.05, 4.69) is 21.2 Å². The maximum absolute atomic E-state index is 11.8. The van der Waals surface area contributed by atoms with Gasteiger partial charge in [0.2, 0.25) is 0 Å². The lowest BCUT2D eigenvalue weighted by molar-refractivity contribution is -0.141. The number of carbonyl (C=O) groups is 2. The minimum atomic E-state index is -0.909. The Hall–Kier alpha value is -1.07. The number of hydrogen-bond acceptors (Lipinski definition) is 2. The van der Waals surface area contributed by atoms with Crippen LogP contribution in [0, 0.1) is 5.92 Å². The summed E-state index contributed by atoms with van der Waals surface area (Å²) < 4.78 is 0.580. The zero-order valence-corrected chi connectivity index (χ0v) is 12.1. The molecule has 1 aromatic carbocycles. The summed E-state index contributed by atoms with van der Waals surface area (Å²) in [6, 6.07) is 4.81. The molecule has 4 nitrogen and oxygen atoms in total. The molecule has 0 saturated carbocycles. The van der Waals surface area contributed by atoms with Gasteiger partial charge < -0.3 is 10.4 Å². The molecule has 0 bridgehead atoms. The summed E-state index contributed by atoms with van der Waals surface area (Å²) in [4.78, 5) is 22.7. The van der Waals surface area contributed by atoms with Gasteiger partial charge in [-0.1, -0.05) is 18.5 Å². The third-order valence-corrected chi connectivity index (χ3v) is 3.42. The van der Waals surface area contributed by atoms with Crippen molar-refractivity contribution in [1.29, 1.82) is 0 Å². The molecule has 0 radical (unpaired) electrons. The largest absolute Gasteiger partial charge is 0.481 e. The second-order valence-electron chi connectivity index (χ2n) is 3.78. The number of rotatable bonds is 5. The van der Waals surface area contributed by atoms with Gasteiger partial charge in [-0.2, -0.15) is 0 Å². The van der Waals surface area contributed by atoms with Gasteiger partial charge in [0.25, 0.3) is 5.91 Å². The van der Waals surface area contributed by atoms with E-state index < -0.39 is 11.9 Å². The van der Waals surface area contributed by atoms with Gasteiger partial charge in [-0.25, -0.2) is 0 Å². The predicted molar refractivity (Wildman–Crippen MR) is 72.9 cm³/mol. The van der Waals surface area contributed by atoms with Crippen molar-refractivity contribution in [3.63, 3.8) is 0 Å². The molecule has 0 spiro atoms. The van der Waals surface area contributed by atoms with Crippen molar-refractivity contribution in [1.82, 2.24) is 5.32 Å². The van der Waals surface area contributed by atoms with Crippen LogP contribution in [-0.4, -0.2) is 23.5 Å². The second-order valence-corrected chi connectivity index (χ2v) is 5.07. The van der Waals surface area contributed by atoms with Crippen LogP contribution in [0.5, 0.6) is 0 Å². The molecule has 0 aliphatic heterocycles. The third kappa shape index (κ3) is 3.99. The van der Waals surface area contributed by atoms with E-state index in [1.807, 2.05) is 0 Å². The first kappa shape index (κ1) is 15.0. The predicted octanol–water partition coefficient (Wildman–Crippen LogP) is 2.94. The molecule has 0 aliphatic rings. The van der Waals surface area contributed by atoms with E-state index in [-0.39, 0.29) is 12.5 Å². The highest BCUT2D eigenvalue weighted by atomic mass is 79.9. The Morgan fingerprint density at radius 1 is 1.50 bits per heavy atom. The van der Waals surface area contributed by atoms with Crippen LogP contribution < -0.4 is 5.32 Å². The second kappa shape index (κ2) is 6.75. The SMILES string of the molecule is CCC(CNC(=O)c1ccc(Cl)cc1Br)C(=O)O. The van der Waals surface area contributed by atoms with Crippen LogP contribution in [-0.2, 0) is 4.79 Å². The lowest BCUT2D eigenvalue weighted by Gasteiger charge is -2.11. The van der Waals surface area contributed by atoms with Gasteiger partial charge in [-0.3, -0.25) is 9.59 Å². The third-order valence-electron chi connectivity index (χ3n) is 2.53. The van der Waals surface area contributed by atoms with Crippen molar-refractivity contribution in [2.45, 2.75) is 13.3 Å². The molecule has 0 aliphatic carbocycles. The molecule has 1 unspecified atom stereocenters. The van der Waals surface area contributed by atoms with Crippen molar-refractivity contribution in [3.8, 4) is 0 Å². The fraction of sp³-hybridized carbons (Fsp3) is 0.333. The Morgan fingerprint density at radius 3 is 2.67 bits per heavy atom. The molecular formula is C12H13BrClNO3. The highest BCUT2D eigenvalue weighted by molar-refractivity contribution is 9.10. The number of carbonyl (C=O) groups excluding carboxylic acids is 1. The van der Waals surface area contributed by atoms with Crippen molar-refractivity contribution in [3.05, 3.63) is 33.3 Å². The average molecular weight is 335 g/mol. The number of carboxylic acid groups (broad SMARTS) is 1. The van der Waals surface area contributed by atoms with Crippen molar-refractivity contribution < 1.29 is 14.7 Å². The normalized spacial score (nSPS) is 11.9. The molecule has 1 amide bonds. The number of aliphatic carboxylic acids is 1. The fourth-order valence-corrected chi connectivity index (χ4v) is 2.25. The lowest BCUT2D eigenvalue weighted by Crippen LogP contribution is -2.32. The average Bonchev–Trinajstić information content (AvgIpc) is 2.28. The zero-order chi connectivity index (χ0) is 13.7. The standard InChI is InChI=1S/C12H13BrClNO3/c1-2-7(12(17)18)6-15-11(16)9-4-3-8(14)5-10(9)13/h3-5,7H,2,6H2,1H3,(H,15,16)(H,17,18). The summed E-state index contributed by atoms with van der Waals surface area (Å²) >= 11 is 9.01. The quantitative estimate of drug-likeness (QED) is 0.870. The summed E-state index contributed by atoms with van der Waals surface area (Å²) in [7, 11) is 0. The van der Waals surface area contributed by atoms with Crippen molar-refractivity contribution in [2.24, 2.45) is 5.92 Å². The van der Waals surface area contributed by atoms with Crippen LogP contribution in [0.2, 0.25) is 5.02 Å². The summed E-state index contributed by atoms with van der Waals surface area (Å²) in [5.74, 6) is -1.80. The highest BCUT2D eigenvalue weighted by Crippen LogP contribution is 2.21. The van der Waals surface area contributed by atoms with E-state index in [4.69, 9.17) is 16.7 Å². The molecule has 0 fully saturated rings. The summed E-state index contributed by atoms with van der Waals surface area (Å²) in [6.07, 6.45) is 0.470. The van der Waals surface area contributed by atoms with Gasteiger partial charge >= 0.3 is 5.97 Å². The molecular weight excluding hydrogens is 321 g/mol. The minimum absolute atomic E-state index is 0.111. The summed E-state index contributed by atoms with van der Waals surface area (Å²) in [6.45, 7) is 1.88. The Morgan fingerprint density at radius 2 is 2.17 bits per heavy atom. The number of nitrogens with one attached hydrogen (secondary N) is 1. The molecule has 0 saturated heterocycles. The van der Waals surface area contributed by atoms with E-state index >= 15 is 0 Å². The van der Waals surface area contributed by atoms with Crippen LogP contribution >= 0.6 is 27.5 Å². The molecule has 1 atom stereocenters. The van der Waals surface area contributed by atoms with Crippen LogP contribution in [0.25, 0.3) is 0 Å². The smallest absolute Gasteiger partial charge is 0.308 e. The topological polar surface area (TPSA) is 66.4 Å². The molecule has 6 heteroatoms. The first-order valence-corrected chi connectivity index (χ1v) is 6.58. The van der Waals surface area contributed by atoms with E-state index in [1.54, 1.807) is 25.1 Å². The molecule has 1 rings (SSSR count). The first-order chi connectivity index (χ1) is 8.45. The van der Waals surface area contributed by atoms with Crippen LogP contribution in [0.4, 0.5) is 0 Å². The van der Waals surface area contributed by atoms with Gasteiger partial charge in [-0.05, 0) is 40.5 Å². The van der Waals surface area contributed by atoms with Crippen molar-refractivity contribution >= 4 is 39.4 Å². The summed E-state index contributed by atoms with van der Waals surface area (Å²) in [5, 5.41) is 12.0. The molecule has 2 N–H and O–H groups in total. The summed E-state index contributed by atoms with van der Waals surface area (Å²) in [5.41, 5.74) is 0.430. The molecule has 98 valence electrons. The van der Waals surface area contributed by atoms with Gasteiger partial charge in [0.1, 0.15) is 0 Å². The monoisotopic (exact) mass is 333 g/mol.